The Labute approximate surface area is 208 Å². The fourth-order valence-corrected chi connectivity index (χ4v) is 5.97. The number of hydrogen-bond donors (Lipinski definition) is 2. The van der Waals surface area contributed by atoms with E-state index in [4.69, 9.17) is 16.3 Å². The fourth-order valence-electron chi connectivity index (χ4n) is 3.35. The fraction of sp³-hybridized carbons (Fsp3) is 0.182. The van der Waals surface area contributed by atoms with Gasteiger partial charge in [0.05, 0.1) is 29.4 Å². The number of nitrogens with zero attached hydrogens (tertiary/aromatic N) is 2. The number of pyridine rings is 1. The first kappa shape index (κ1) is 25.1. The molecule has 0 bridgehead atoms. The number of halogens is 1. The predicted octanol–water partition coefficient (Wildman–Crippen LogP) is 2.81. The molecule has 1 saturated heterocycles. The second-order valence-electron chi connectivity index (χ2n) is 7.48. The molecule has 0 aliphatic carbocycles. The lowest BCUT2D eigenvalue weighted by atomic mass is 10.1. The zero-order chi connectivity index (χ0) is 25.1. The Morgan fingerprint density at radius 2 is 1.69 bits per heavy atom. The van der Waals surface area contributed by atoms with Crippen LogP contribution in [0.5, 0.6) is 0 Å². The van der Waals surface area contributed by atoms with Crippen molar-refractivity contribution < 1.29 is 26.4 Å². The van der Waals surface area contributed by atoms with Gasteiger partial charge in [0.1, 0.15) is 4.90 Å². The number of amides is 1. The van der Waals surface area contributed by atoms with Crippen molar-refractivity contribution in [2.24, 2.45) is 0 Å². The van der Waals surface area contributed by atoms with E-state index in [0.29, 0.717) is 18.9 Å². The van der Waals surface area contributed by atoms with Crippen molar-refractivity contribution in [2.45, 2.75) is 9.79 Å². The van der Waals surface area contributed by atoms with Gasteiger partial charge in [-0.15, -0.1) is 0 Å². The molecule has 0 radical (unpaired) electrons. The van der Waals surface area contributed by atoms with Crippen molar-refractivity contribution in [1.29, 1.82) is 0 Å². The molecule has 10 nitrogen and oxygen atoms in total. The standard InChI is InChI=1S/C22H21ClN4O6S2/c23-16-3-8-21(26-34(29,30)19-2-1-9-24-15-19)20(14-16)22(28)25-17-4-6-18(7-5-17)35(31,32)27-10-12-33-13-11-27/h1-9,14-15,26H,10-13H2,(H,25,28). The minimum atomic E-state index is -4.00. The van der Waals surface area contributed by atoms with Crippen molar-refractivity contribution in [3.63, 3.8) is 0 Å². The van der Waals surface area contributed by atoms with Crippen LogP contribution >= 0.6 is 11.6 Å². The summed E-state index contributed by atoms with van der Waals surface area (Å²) in [4.78, 5) is 16.8. The monoisotopic (exact) mass is 536 g/mol. The van der Waals surface area contributed by atoms with E-state index in [1.807, 2.05) is 0 Å². The van der Waals surface area contributed by atoms with Crippen LogP contribution in [0.4, 0.5) is 11.4 Å². The Kier molecular flexibility index (Phi) is 7.38. The third-order valence-electron chi connectivity index (χ3n) is 5.14. The van der Waals surface area contributed by atoms with Gasteiger partial charge in [-0.05, 0) is 54.6 Å². The van der Waals surface area contributed by atoms with Gasteiger partial charge in [-0.2, -0.15) is 4.31 Å². The number of carbonyl (C=O) groups excluding carboxylic acids is 1. The molecule has 1 aromatic heterocycles. The molecule has 1 amide bonds. The summed E-state index contributed by atoms with van der Waals surface area (Å²) in [5, 5.41) is 2.86. The van der Waals surface area contributed by atoms with Gasteiger partial charge < -0.3 is 10.1 Å². The molecule has 2 aromatic carbocycles. The van der Waals surface area contributed by atoms with Crippen LogP contribution in [0.2, 0.25) is 5.02 Å². The van der Waals surface area contributed by atoms with E-state index >= 15 is 0 Å². The molecule has 2 heterocycles. The molecule has 13 heteroatoms. The minimum Gasteiger partial charge on any atom is -0.379 e. The number of rotatable bonds is 7. The zero-order valence-electron chi connectivity index (χ0n) is 18.2. The lowest BCUT2D eigenvalue weighted by molar-refractivity contribution is 0.0730. The highest BCUT2D eigenvalue weighted by Gasteiger charge is 2.26. The molecule has 3 aromatic rings. The van der Waals surface area contributed by atoms with Gasteiger partial charge >= 0.3 is 0 Å². The van der Waals surface area contributed by atoms with Crippen molar-refractivity contribution in [3.05, 3.63) is 77.6 Å². The number of aromatic nitrogens is 1. The van der Waals surface area contributed by atoms with Gasteiger partial charge in [0.15, 0.2) is 0 Å². The molecule has 2 N–H and O–H groups in total. The summed E-state index contributed by atoms with van der Waals surface area (Å²) in [5.41, 5.74) is 0.314. The maximum Gasteiger partial charge on any atom is 0.263 e. The van der Waals surface area contributed by atoms with E-state index < -0.39 is 26.0 Å². The first-order valence-electron chi connectivity index (χ1n) is 10.4. The van der Waals surface area contributed by atoms with Gasteiger partial charge in [-0.3, -0.25) is 14.5 Å². The number of benzene rings is 2. The molecule has 1 aliphatic heterocycles. The summed E-state index contributed by atoms with van der Waals surface area (Å²) < 4.78 is 59.9. The van der Waals surface area contributed by atoms with Crippen LogP contribution < -0.4 is 10.0 Å². The van der Waals surface area contributed by atoms with Crippen LogP contribution in [0.1, 0.15) is 10.4 Å². The minimum absolute atomic E-state index is 0.0160. The summed E-state index contributed by atoms with van der Waals surface area (Å²) >= 11 is 6.05. The molecule has 0 unspecified atom stereocenters. The van der Waals surface area contributed by atoms with E-state index in [1.54, 1.807) is 0 Å². The Hall–Kier alpha value is -3.03. The van der Waals surface area contributed by atoms with Gasteiger partial charge in [0.2, 0.25) is 10.0 Å². The van der Waals surface area contributed by atoms with Gasteiger partial charge in [0, 0.05) is 36.2 Å². The average Bonchev–Trinajstić information content (AvgIpc) is 2.86. The topological polar surface area (TPSA) is 135 Å². The molecular weight excluding hydrogens is 516 g/mol. The highest BCUT2D eigenvalue weighted by Crippen LogP contribution is 2.25. The van der Waals surface area contributed by atoms with Crippen LogP contribution in [0.15, 0.2) is 76.8 Å². The summed E-state index contributed by atoms with van der Waals surface area (Å²) in [7, 11) is -7.68. The van der Waals surface area contributed by atoms with Crippen molar-refractivity contribution in [1.82, 2.24) is 9.29 Å². The molecule has 1 aliphatic rings. The number of anilines is 2. The van der Waals surface area contributed by atoms with E-state index in [9.17, 15) is 21.6 Å². The number of sulfonamides is 2. The molecule has 0 spiro atoms. The first-order valence-corrected chi connectivity index (χ1v) is 13.7. The summed E-state index contributed by atoms with van der Waals surface area (Å²) in [6.45, 7) is 1.21. The van der Waals surface area contributed by atoms with Crippen LogP contribution in [0.25, 0.3) is 0 Å². The Bertz CT molecular complexity index is 1430. The maximum absolute atomic E-state index is 13.0. The molecule has 4 rings (SSSR count). The van der Waals surface area contributed by atoms with Crippen molar-refractivity contribution >= 4 is 48.9 Å². The number of ether oxygens (including phenoxy) is 1. The second kappa shape index (κ2) is 10.3. The summed E-state index contributed by atoms with van der Waals surface area (Å²) in [6.07, 6.45) is 2.63. The number of nitrogens with one attached hydrogen (secondary N) is 2. The predicted molar refractivity (Wildman–Crippen MR) is 130 cm³/mol. The van der Waals surface area contributed by atoms with Gasteiger partial charge in [-0.1, -0.05) is 11.6 Å². The number of morpholine rings is 1. The lowest BCUT2D eigenvalue weighted by Gasteiger charge is -2.26. The van der Waals surface area contributed by atoms with Gasteiger partial charge in [0.25, 0.3) is 15.9 Å². The largest absolute Gasteiger partial charge is 0.379 e. The number of hydrogen-bond acceptors (Lipinski definition) is 7. The van der Waals surface area contributed by atoms with Crippen LogP contribution in [-0.4, -0.2) is 58.3 Å². The first-order chi connectivity index (χ1) is 16.7. The average molecular weight is 537 g/mol. The van der Waals surface area contributed by atoms with E-state index in [0.717, 1.165) is 0 Å². The third kappa shape index (κ3) is 5.80. The SMILES string of the molecule is O=C(Nc1ccc(S(=O)(=O)N2CCOCC2)cc1)c1cc(Cl)ccc1NS(=O)(=O)c1cccnc1. The van der Waals surface area contributed by atoms with Crippen LogP contribution in [-0.2, 0) is 24.8 Å². The lowest BCUT2D eigenvalue weighted by Crippen LogP contribution is -2.40. The quantitative estimate of drug-likeness (QED) is 0.474. The Morgan fingerprint density at radius 1 is 0.971 bits per heavy atom. The van der Waals surface area contributed by atoms with E-state index in [-0.39, 0.29) is 39.2 Å². The molecule has 35 heavy (non-hydrogen) atoms. The van der Waals surface area contributed by atoms with Crippen LogP contribution in [0.3, 0.4) is 0 Å². The zero-order valence-corrected chi connectivity index (χ0v) is 20.6. The maximum atomic E-state index is 13.0. The Balaban J connectivity index is 1.54. The van der Waals surface area contributed by atoms with Gasteiger partial charge in [-0.25, -0.2) is 16.8 Å². The highest BCUT2D eigenvalue weighted by atomic mass is 35.5. The van der Waals surface area contributed by atoms with Crippen LogP contribution in [0, 0.1) is 0 Å². The van der Waals surface area contributed by atoms with E-state index in [2.05, 4.69) is 15.0 Å². The molecular formula is C22H21ClN4O6S2. The molecule has 184 valence electrons. The highest BCUT2D eigenvalue weighted by molar-refractivity contribution is 7.92. The van der Waals surface area contributed by atoms with Crippen molar-refractivity contribution in [3.8, 4) is 0 Å². The third-order valence-corrected chi connectivity index (χ3v) is 8.63. The molecule has 0 atom stereocenters. The number of carbonyl (C=O) groups is 1. The second-order valence-corrected chi connectivity index (χ2v) is 11.5. The molecule has 0 saturated carbocycles. The Morgan fingerprint density at radius 3 is 2.34 bits per heavy atom. The van der Waals surface area contributed by atoms with E-state index in [1.165, 1.54) is 71.3 Å². The smallest absolute Gasteiger partial charge is 0.263 e. The summed E-state index contributed by atoms with van der Waals surface area (Å²) in [5.74, 6) is -0.639. The normalized spacial score (nSPS) is 14.9. The molecule has 1 fully saturated rings. The summed E-state index contributed by atoms with van der Waals surface area (Å²) in [6, 6.07) is 12.7. The van der Waals surface area contributed by atoms with Crippen molar-refractivity contribution in [2.75, 3.05) is 36.3 Å².